The smallest absolute Gasteiger partial charge is 0.269 e. The minimum atomic E-state index is -0.324. The number of nitrogens with one attached hydrogen (secondary N) is 2. The summed E-state index contributed by atoms with van der Waals surface area (Å²) in [6.45, 7) is 0.391. The molecular weight excluding hydrogens is 359 g/mol. The van der Waals surface area contributed by atoms with Crippen LogP contribution < -0.4 is 5.32 Å². The van der Waals surface area contributed by atoms with Gasteiger partial charge in [0, 0.05) is 5.56 Å². The molecule has 2 heterocycles. The summed E-state index contributed by atoms with van der Waals surface area (Å²) in [4.78, 5) is 14.3. The normalized spacial score (nSPS) is 11.9. The molecule has 2 N–H and O–H groups in total. The Morgan fingerprint density at radius 1 is 1.07 bits per heavy atom. The highest BCUT2D eigenvalue weighted by atomic mass is 19.1. The number of hydrogen-bond acceptors (Lipinski definition) is 4. The summed E-state index contributed by atoms with van der Waals surface area (Å²) < 4.78 is 13.1. The van der Waals surface area contributed by atoms with E-state index >= 15 is 0 Å². The van der Waals surface area contributed by atoms with Gasteiger partial charge in [0.2, 0.25) is 0 Å². The quantitative estimate of drug-likeness (QED) is 0.541. The summed E-state index contributed by atoms with van der Waals surface area (Å²) in [7, 11) is 0. The van der Waals surface area contributed by atoms with Gasteiger partial charge in [0.1, 0.15) is 11.5 Å². The van der Waals surface area contributed by atoms with Gasteiger partial charge in [-0.15, -0.1) is 0 Å². The van der Waals surface area contributed by atoms with Gasteiger partial charge in [-0.1, -0.05) is 30.3 Å². The number of halogens is 1. The van der Waals surface area contributed by atoms with Crippen molar-refractivity contribution in [2.24, 2.45) is 0 Å². The first-order valence-electron chi connectivity index (χ1n) is 8.70. The molecule has 0 saturated heterocycles. The Labute approximate surface area is 160 Å². The van der Waals surface area contributed by atoms with E-state index in [1.165, 1.54) is 16.9 Å². The fourth-order valence-electron chi connectivity index (χ4n) is 2.86. The largest absolute Gasteiger partial charge is 0.342 e. The number of carbonyl (C=O) groups excluding carboxylic acids is 1. The van der Waals surface area contributed by atoms with E-state index in [0.29, 0.717) is 17.9 Å². The van der Waals surface area contributed by atoms with Gasteiger partial charge in [0.05, 0.1) is 30.7 Å². The summed E-state index contributed by atoms with van der Waals surface area (Å²) in [5, 5.41) is 18.1. The van der Waals surface area contributed by atoms with Crippen LogP contribution in [0.5, 0.6) is 0 Å². The molecule has 4 rings (SSSR count). The number of H-pyrrole nitrogens is 1. The lowest BCUT2D eigenvalue weighted by Gasteiger charge is -2.18. The lowest BCUT2D eigenvalue weighted by atomic mass is 10.1. The minimum absolute atomic E-state index is 0.304. The van der Waals surface area contributed by atoms with E-state index in [4.69, 9.17) is 0 Å². The fourth-order valence-corrected chi connectivity index (χ4v) is 2.86. The number of nitrogens with zero attached hydrogens (tertiary/aromatic N) is 4. The van der Waals surface area contributed by atoms with Crippen molar-refractivity contribution >= 4 is 5.91 Å². The molecule has 1 atom stereocenters. The number of aromatic amines is 1. The summed E-state index contributed by atoms with van der Waals surface area (Å²) in [6, 6.07) is 16.9. The van der Waals surface area contributed by atoms with Crippen LogP contribution in [0.3, 0.4) is 0 Å². The molecule has 4 aromatic rings. The van der Waals surface area contributed by atoms with Crippen LogP contribution in [0.4, 0.5) is 4.39 Å². The molecule has 28 heavy (non-hydrogen) atoms. The number of benzene rings is 2. The maximum absolute atomic E-state index is 13.1. The molecule has 2 aromatic heterocycles. The molecule has 1 amide bonds. The lowest BCUT2D eigenvalue weighted by Crippen LogP contribution is -2.32. The van der Waals surface area contributed by atoms with Crippen molar-refractivity contribution in [3.05, 3.63) is 90.1 Å². The van der Waals surface area contributed by atoms with Gasteiger partial charge in [-0.3, -0.25) is 9.89 Å². The van der Waals surface area contributed by atoms with Gasteiger partial charge in [0.25, 0.3) is 5.91 Å². The van der Waals surface area contributed by atoms with Gasteiger partial charge < -0.3 is 5.32 Å². The average Bonchev–Trinajstić information content (AvgIpc) is 3.41. The predicted octanol–water partition coefficient (Wildman–Crippen LogP) is 2.98. The van der Waals surface area contributed by atoms with E-state index in [1.807, 2.05) is 30.3 Å². The molecular formula is C20H17FN6O. The summed E-state index contributed by atoms with van der Waals surface area (Å²) in [5.41, 5.74) is 2.53. The van der Waals surface area contributed by atoms with Crippen LogP contribution >= 0.6 is 0 Å². The zero-order valence-corrected chi connectivity index (χ0v) is 14.8. The van der Waals surface area contributed by atoms with Crippen molar-refractivity contribution in [1.29, 1.82) is 0 Å². The first-order valence-corrected chi connectivity index (χ1v) is 8.70. The Bertz CT molecular complexity index is 1040. The van der Waals surface area contributed by atoms with Crippen LogP contribution in [0.25, 0.3) is 11.3 Å². The number of carbonyl (C=O) groups is 1. The molecule has 0 saturated carbocycles. The Kier molecular flexibility index (Phi) is 4.92. The van der Waals surface area contributed by atoms with E-state index in [1.54, 1.807) is 30.6 Å². The van der Waals surface area contributed by atoms with Crippen LogP contribution in [0, 0.1) is 5.82 Å². The summed E-state index contributed by atoms with van der Waals surface area (Å²) in [6.07, 6.45) is 3.18. The number of amides is 1. The SMILES string of the molecule is O=C(NC(Cn1nccn1)c1ccccc1)c1cc(-c2ccc(F)cc2)n[nH]1. The van der Waals surface area contributed by atoms with Crippen LogP contribution in [-0.4, -0.2) is 31.1 Å². The number of hydrogen-bond donors (Lipinski definition) is 2. The highest BCUT2D eigenvalue weighted by molar-refractivity contribution is 5.93. The second-order valence-corrected chi connectivity index (χ2v) is 6.19. The highest BCUT2D eigenvalue weighted by Gasteiger charge is 2.19. The van der Waals surface area contributed by atoms with E-state index in [-0.39, 0.29) is 17.8 Å². The number of aromatic nitrogens is 5. The minimum Gasteiger partial charge on any atom is -0.342 e. The van der Waals surface area contributed by atoms with Crippen LogP contribution in [0.15, 0.2) is 73.1 Å². The van der Waals surface area contributed by atoms with E-state index in [0.717, 1.165) is 11.1 Å². The third-order valence-corrected chi connectivity index (χ3v) is 4.28. The second kappa shape index (κ2) is 7.83. The Balaban J connectivity index is 1.53. The van der Waals surface area contributed by atoms with Crippen LogP contribution in [-0.2, 0) is 6.54 Å². The molecule has 7 nitrogen and oxygen atoms in total. The molecule has 0 bridgehead atoms. The Morgan fingerprint density at radius 3 is 2.50 bits per heavy atom. The van der Waals surface area contributed by atoms with Gasteiger partial charge >= 0.3 is 0 Å². The fraction of sp³-hybridized carbons (Fsp3) is 0.100. The summed E-state index contributed by atoms with van der Waals surface area (Å²) >= 11 is 0. The molecule has 0 spiro atoms. The standard InChI is InChI=1S/C20H17FN6O/c21-16-8-6-15(7-9-16)17-12-18(26-25-17)20(28)24-19(13-27-22-10-11-23-27)14-4-2-1-3-5-14/h1-12,19H,13H2,(H,24,28)(H,25,26). The van der Waals surface area contributed by atoms with E-state index in [9.17, 15) is 9.18 Å². The summed E-state index contributed by atoms with van der Waals surface area (Å²) in [5.74, 6) is -0.628. The van der Waals surface area contributed by atoms with Crippen molar-refractivity contribution in [2.45, 2.75) is 12.6 Å². The maximum atomic E-state index is 13.1. The molecule has 0 radical (unpaired) electrons. The van der Waals surface area contributed by atoms with Crippen molar-refractivity contribution in [3.8, 4) is 11.3 Å². The molecule has 140 valence electrons. The van der Waals surface area contributed by atoms with Crippen LogP contribution in [0.2, 0.25) is 0 Å². The zero-order chi connectivity index (χ0) is 19.3. The lowest BCUT2D eigenvalue weighted by molar-refractivity contribution is 0.0925. The average molecular weight is 376 g/mol. The highest BCUT2D eigenvalue weighted by Crippen LogP contribution is 2.19. The third-order valence-electron chi connectivity index (χ3n) is 4.28. The third kappa shape index (κ3) is 3.96. The van der Waals surface area contributed by atoms with E-state index < -0.39 is 0 Å². The first kappa shape index (κ1) is 17.6. The van der Waals surface area contributed by atoms with Gasteiger partial charge in [-0.25, -0.2) is 4.39 Å². The molecule has 1 unspecified atom stereocenters. The van der Waals surface area contributed by atoms with Crippen molar-refractivity contribution in [2.75, 3.05) is 0 Å². The molecule has 0 fully saturated rings. The maximum Gasteiger partial charge on any atom is 0.269 e. The Morgan fingerprint density at radius 2 is 1.79 bits per heavy atom. The zero-order valence-electron chi connectivity index (χ0n) is 14.8. The molecule has 0 aliphatic carbocycles. The second-order valence-electron chi connectivity index (χ2n) is 6.19. The van der Waals surface area contributed by atoms with Crippen molar-refractivity contribution in [1.82, 2.24) is 30.5 Å². The van der Waals surface area contributed by atoms with Gasteiger partial charge in [-0.05, 0) is 35.9 Å². The Hall–Kier alpha value is -3.81. The predicted molar refractivity (Wildman–Crippen MR) is 101 cm³/mol. The molecule has 0 aliphatic heterocycles. The first-order chi connectivity index (χ1) is 13.7. The monoisotopic (exact) mass is 376 g/mol. The van der Waals surface area contributed by atoms with Gasteiger partial charge in [0.15, 0.2) is 0 Å². The van der Waals surface area contributed by atoms with Crippen molar-refractivity contribution in [3.63, 3.8) is 0 Å². The number of rotatable bonds is 6. The molecule has 0 aliphatic rings. The van der Waals surface area contributed by atoms with E-state index in [2.05, 4.69) is 25.7 Å². The molecule has 2 aromatic carbocycles. The van der Waals surface area contributed by atoms with Crippen LogP contribution in [0.1, 0.15) is 22.1 Å². The van der Waals surface area contributed by atoms with Crippen molar-refractivity contribution < 1.29 is 9.18 Å². The molecule has 8 heteroatoms. The van der Waals surface area contributed by atoms with Gasteiger partial charge in [-0.2, -0.15) is 20.1 Å². The topological polar surface area (TPSA) is 88.5 Å².